The van der Waals surface area contributed by atoms with Crippen molar-refractivity contribution in [2.24, 2.45) is 11.7 Å². The Kier molecular flexibility index (Phi) is 3.15. The second kappa shape index (κ2) is 4.82. The standard InChI is InChI=1S/C16H20N2O/c1-11-6-7-12-4-2-3-5-15(12)18(11)16(19)13-8-9-14(17)10-13/h2-5,8-9,11,13-14H,6-7,10,17H2,1H3. The van der Waals surface area contributed by atoms with Gasteiger partial charge < -0.3 is 10.6 Å². The van der Waals surface area contributed by atoms with Gasteiger partial charge >= 0.3 is 0 Å². The van der Waals surface area contributed by atoms with E-state index in [1.807, 2.05) is 29.2 Å². The van der Waals surface area contributed by atoms with Crippen LogP contribution in [-0.2, 0) is 11.2 Å². The molecule has 2 N–H and O–H groups in total. The first-order chi connectivity index (χ1) is 9.16. The average Bonchev–Trinajstić information content (AvgIpc) is 2.85. The van der Waals surface area contributed by atoms with Crippen molar-refractivity contribution in [2.45, 2.75) is 38.3 Å². The van der Waals surface area contributed by atoms with Gasteiger partial charge in [0, 0.05) is 17.8 Å². The number of nitrogens with two attached hydrogens (primary N) is 1. The van der Waals surface area contributed by atoms with Gasteiger partial charge in [-0.3, -0.25) is 4.79 Å². The first-order valence-electron chi connectivity index (χ1n) is 7.01. The summed E-state index contributed by atoms with van der Waals surface area (Å²) in [6.07, 6.45) is 6.75. The minimum absolute atomic E-state index is 0.0318. The van der Waals surface area contributed by atoms with Crippen molar-refractivity contribution < 1.29 is 4.79 Å². The fourth-order valence-electron chi connectivity index (χ4n) is 3.11. The van der Waals surface area contributed by atoms with E-state index in [2.05, 4.69) is 19.1 Å². The highest BCUT2D eigenvalue weighted by atomic mass is 16.2. The van der Waals surface area contributed by atoms with Gasteiger partial charge in [0.15, 0.2) is 0 Å². The van der Waals surface area contributed by atoms with Crippen LogP contribution in [0.4, 0.5) is 5.69 Å². The van der Waals surface area contributed by atoms with E-state index >= 15 is 0 Å². The summed E-state index contributed by atoms with van der Waals surface area (Å²) < 4.78 is 0. The predicted molar refractivity (Wildman–Crippen MR) is 76.9 cm³/mol. The number of carbonyl (C=O) groups is 1. The Labute approximate surface area is 114 Å². The summed E-state index contributed by atoms with van der Waals surface area (Å²) in [6.45, 7) is 2.13. The number of nitrogens with zero attached hydrogens (tertiary/aromatic N) is 1. The number of aryl methyl sites for hydroxylation is 1. The molecule has 3 rings (SSSR count). The van der Waals surface area contributed by atoms with Crippen LogP contribution in [-0.4, -0.2) is 18.0 Å². The van der Waals surface area contributed by atoms with Gasteiger partial charge in [-0.15, -0.1) is 0 Å². The lowest BCUT2D eigenvalue weighted by Gasteiger charge is -2.36. The molecule has 0 bridgehead atoms. The van der Waals surface area contributed by atoms with Crippen LogP contribution in [0.25, 0.3) is 0 Å². The first-order valence-corrected chi connectivity index (χ1v) is 7.01. The Balaban J connectivity index is 1.91. The molecule has 3 nitrogen and oxygen atoms in total. The Morgan fingerprint density at radius 2 is 2.11 bits per heavy atom. The quantitative estimate of drug-likeness (QED) is 0.783. The normalized spacial score (nSPS) is 29.4. The molecule has 1 aliphatic heterocycles. The molecule has 0 saturated heterocycles. The van der Waals surface area contributed by atoms with Crippen LogP contribution in [0.5, 0.6) is 0 Å². The average molecular weight is 256 g/mol. The third kappa shape index (κ3) is 2.19. The number of hydrogen-bond donors (Lipinski definition) is 1. The molecule has 2 aliphatic rings. The number of fused-ring (bicyclic) bond motifs is 1. The Morgan fingerprint density at radius 1 is 1.32 bits per heavy atom. The van der Waals surface area contributed by atoms with Crippen molar-refractivity contribution in [3.8, 4) is 0 Å². The Hall–Kier alpha value is -1.61. The van der Waals surface area contributed by atoms with E-state index in [0.717, 1.165) is 24.9 Å². The number of benzene rings is 1. The van der Waals surface area contributed by atoms with Crippen molar-refractivity contribution in [3.63, 3.8) is 0 Å². The van der Waals surface area contributed by atoms with E-state index in [4.69, 9.17) is 5.73 Å². The molecule has 100 valence electrons. The molecule has 3 atom stereocenters. The number of anilines is 1. The van der Waals surface area contributed by atoms with Crippen LogP contribution in [0.2, 0.25) is 0 Å². The lowest BCUT2D eigenvalue weighted by molar-refractivity contribution is -0.121. The highest BCUT2D eigenvalue weighted by molar-refractivity contribution is 5.98. The van der Waals surface area contributed by atoms with Gasteiger partial charge in [-0.2, -0.15) is 0 Å². The summed E-state index contributed by atoms with van der Waals surface area (Å²) in [7, 11) is 0. The molecular weight excluding hydrogens is 236 g/mol. The van der Waals surface area contributed by atoms with E-state index in [0.29, 0.717) is 0 Å². The fourth-order valence-corrected chi connectivity index (χ4v) is 3.11. The van der Waals surface area contributed by atoms with Crippen LogP contribution < -0.4 is 10.6 Å². The third-order valence-corrected chi connectivity index (χ3v) is 4.19. The molecule has 3 unspecified atom stereocenters. The lowest BCUT2D eigenvalue weighted by Crippen LogP contribution is -2.45. The minimum Gasteiger partial charge on any atom is -0.324 e. The summed E-state index contributed by atoms with van der Waals surface area (Å²) in [5, 5.41) is 0. The predicted octanol–water partition coefficient (Wildman–Crippen LogP) is 2.26. The van der Waals surface area contributed by atoms with E-state index < -0.39 is 0 Å². The number of para-hydroxylation sites is 1. The fraction of sp³-hybridized carbons (Fsp3) is 0.438. The van der Waals surface area contributed by atoms with Gasteiger partial charge in [0.05, 0.1) is 5.92 Å². The lowest BCUT2D eigenvalue weighted by atomic mass is 9.94. The molecule has 0 saturated carbocycles. The molecule has 1 aliphatic carbocycles. The molecule has 0 fully saturated rings. The Bertz CT molecular complexity index is 523. The highest BCUT2D eigenvalue weighted by Gasteiger charge is 2.33. The van der Waals surface area contributed by atoms with Gasteiger partial charge in [-0.05, 0) is 37.8 Å². The molecule has 1 amide bonds. The first kappa shape index (κ1) is 12.4. The van der Waals surface area contributed by atoms with Crippen molar-refractivity contribution in [2.75, 3.05) is 4.90 Å². The van der Waals surface area contributed by atoms with Crippen LogP contribution in [0.15, 0.2) is 36.4 Å². The van der Waals surface area contributed by atoms with Gasteiger partial charge in [0.25, 0.3) is 0 Å². The summed E-state index contributed by atoms with van der Waals surface area (Å²) in [5.74, 6) is 0.146. The van der Waals surface area contributed by atoms with Gasteiger partial charge in [-0.1, -0.05) is 30.4 Å². The molecule has 0 radical (unpaired) electrons. The van der Waals surface area contributed by atoms with Crippen LogP contribution in [0, 0.1) is 5.92 Å². The van der Waals surface area contributed by atoms with E-state index in [1.165, 1.54) is 5.56 Å². The SMILES string of the molecule is CC1CCc2ccccc2N1C(=O)C1C=CC(N)C1. The molecule has 3 heteroatoms. The second-order valence-electron chi connectivity index (χ2n) is 5.62. The van der Waals surface area contributed by atoms with Gasteiger partial charge in [0.2, 0.25) is 5.91 Å². The van der Waals surface area contributed by atoms with E-state index in [9.17, 15) is 4.79 Å². The van der Waals surface area contributed by atoms with Crippen molar-refractivity contribution in [3.05, 3.63) is 42.0 Å². The maximum absolute atomic E-state index is 12.7. The number of hydrogen-bond acceptors (Lipinski definition) is 2. The van der Waals surface area contributed by atoms with Crippen LogP contribution in [0.1, 0.15) is 25.3 Å². The molecule has 1 aromatic carbocycles. The monoisotopic (exact) mass is 256 g/mol. The third-order valence-electron chi connectivity index (χ3n) is 4.19. The second-order valence-corrected chi connectivity index (χ2v) is 5.62. The van der Waals surface area contributed by atoms with Gasteiger partial charge in [-0.25, -0.2) is 0 Å². The van der Waals surface area contributed by atoms with E-state index in [-0.39, 0.29) is 23.9 Å². The topological polar surface area (TPSA) is 46.3 Å². The zero-order valence-corrected chi connectivity index (χ0v) is 11.3. The maximum Gasteiger partial charge on any atom is 0.234 e. The molecule has 1 heterocycles. The van der Waals surface area contributed by atoms with Crippen molar-refractivity contribution >= 4 is 11.6 Å². The minimum atomic E-state index is -0.0522. The van der Waals surface area contributed by atoms with Crippen molar-refractivity contribution in [1.29, 1.82) is 0 Å². The van der Waals surface area contributed by atoms with Crippen molar-refractivity contribution in [1.82, 2.24) is 0 Å². The highest BCUT2D eigenvalue weighted by Crippen LogP contribution is 2.33. The number of carbonyl (C=O) groups excluding carboxylic acids is 1. The smallest absolute Gasteiger partial charge is 0.234 e. The number of amides is 1. The summed E-state index contributed by atoms with van der Waals surface area (Å²) in [6, 6.07) is 8.53. The molecule has 19 heavy (non-hydrogen) atoms. The zero-order valence-electron chi connectivity index (χ0n) is 11.3. The summed E-state index contributed by atoms with van der Waals surface area (Å²) >= 11 is 0. The zero-order chi connectivity index (χ0) is 13.4. The molecule has 0 spiro atoms. The number of rotatable bonds is 1. The maximum atomic E-state index is 12.7. The summed E-state index contributed by atoms with van der Waals surface area (Å²) in [5.41, 5.74) is 8.23. The largest absolute Gasteiger partial charge is 0.324 e. The van der Waals surface area contributed by atoms with E-state index in [1.54, 1.807) is 0 Å². The molecule has 0 aromatic heterocycles. The van der Waals surface area contributed by atoms with Crippen LogP contribution >= 0.6 is 0 Å². The molecular formula is C16H20N2O. The Morgan fingerprint density at radius 3 is 2.84 bits per heavy atom. The van der Waals surface area contributed by atoms with Gasteiger partial charge in [0.1, 0.15) is 0 Å². The molecule has 1 aromatic rings. The summed E-state index contributed by atoms with van der Waals surface area (Å²) in [4.78, 5) is 14.7. The van der Waals surface area contributed by atoms with Crippen LogP contribution in [0.3, 0.4) is 0 Å².